The van der Waals surface area contributed by atoms with Crippen molar-refractivity contribution in [2.24, 2.45) is 0 Å². The number of benzene rings is 2. The first-order valence-electron chi connectivity index (χ1n) is 16.2. The topological polar surface area (TPSA) is 133 Å². The van der Waals surface area contributed by atoms with Crippen LogP contribution in [0, 0.1) is 10.1 Å². The fraction of sp³-hybridized carbons (Fsp3) is 0.417. The summed E-state index contributed by atoms with van der Waals surface area (Å²) in [6.07, 6.45) is 6.22. The van der Waals surface area contributed by atoms with Crippen LogP contribution < -0.4 is 10.6 Å². The predicted molar refractivity (Wildman–Crippen MR) is 182 cm³/mol. The Balaban J connectivity index is 1.24. The Bertz CT molecular complexity index is 1770. The maximum absolute atomic E-state index is 13.6. The summed E-state index contributed by atoms with van der Waals surface area (Å²) in [7, 11) is 0. The van der Waals surface area contributed by atoms with Gasteiger partial charge in [-0.05, 0) is 102 Å². The molecule has 0 saturated carbocycles. The lowest BCUT2D eigenvalue weighted by Crippen LogP contribution is -2.33. The van der Waals surface area contributed by atoms with Crippen LogP contribution in [0.2, 0.25) is 5.02 Å². The molecule has 0 saturated heterocycles. The maximum atomic E-state index is 13.6. The van der Waals surface area contributed by atoms with Crippen molar-refractivity contribution >= 4 is 45.8 Å². The van der Waals surface area contributed by atoms with E-state index in [1.165, 1.54) is 17.7 Å². The number of non-ortho nitro benzene ring substituents is 1. The van der Waals surface area contributed by atoms with Gasteiger partial charge >= 0.3 is 11.9 Å². The maximum Gasteiger partial charge on any atom is 0.337 e. The predicted octanol–water partition coefficient (Wildman–Crippen LogP) is 7.69. The number of esters is 2. The molecule has 2 aliphatic rings. The quantitative estimate of drug-likeness (QED) is 0.0868. The molecule has 10 nitrogen and oxygen atoms in total. The Kier molecular flexibility index (Phi) is 10.8. The van der Waals surface area contributed by atoms with E-state index in [0.29, 0.717) is 28.4 Å². The molecule has 2 N–H and O–H groups in total. The molecule has 2 aromatic carbocycles. The highest BCUT2D eigenvalue weighted by atomic mass is 35.5. The number of nitro groups is 1. The number of carbonyl (C=O) groups excluding carboxylic acids is 2. The lowest BCUT2D eigenvalue weighted by atomic mass is 9.80. The van der Waals surface area contributed by atoms with Crippen LogP contribution in [0.3, 0.4) is 0 Å². The second-order valence-corrected chi connectivity index (χ2v) is 12.8. The monoisotopic (exact) mass is 660 g/mol. The molecule has 11 heteroatoms. The summed E-state index contributed by atoms with van der Waals surface area (Å²) >= 11 is 6.26. The van der Waals surface area contributed by atoms with Crippen molar-refractivity contribution in [1.29, 1.82) is 0 Å². The second-order valence-electron chi connectivity index (χ2n) is 12.3. The fourth-order valence-electron chi connectivity index (χ4n) is 6.42. The van der Waals surface area contributed by atoms with Crippen molar-refractivity contribution in [3.8, 4) is 0 Å². The zero-order valence-electron chi connectivity index (χ0n) is 27.3. The molecule has 47 heavy (non-hydrogen) atoms. The Hall–Kier alpha value is -4.44. The smallest absolute Gasteiger partial charge is 0.337 e. The first kappa shape index (κ1) is 33.9. The molecular weight excluding hydrogens is 620 g/mol. The highest BCUT2D eigenvalue weighted by molar-refractivity contribution is 6.31. The van der Waals surface area contributed by atoms with Crippen LogP contribution in [-0.4, -0.2) is 41.1 Å². The van der Waals surface area contributed by atoms with Crippen molar-refractivity contribution in [2.45, 2.75) is 84.7 Å². The summed E-state index contributed by atoms with van der Waals surface area (Å²) in [6, 6.07) is 11.8. The lowest BCUT2D eigenvalue weighted by Gasteiger charge is -2.30. The number of aryl methyl sites for hydroxylation is 1. The third kappa shape index (κ3) is 7.76. The normalized spacial score (nSPS) is 16.2. The third-order valence-corrected chi connectivity index (χ3v) is 8.77. The summed E-state index contributed by atoms with van der Waals surface area (Å²) in [5.74, 6) is -2.08. The molecule has 1 atom stereocenters. The lowest BCUT2D eigenvalue weighted by molar-refractivity contribution is -0.384. The van der Waals surface area contributed by atoms with E-state index in [0.717, 1.165) is 67.4 Å². The number of nitrogens with one attached hydrogen (secondary N) is 2. The Labute approximate surface area is 279 Å². The van der Waals surface area contributed by atoms with E-state index in [-0.39, 0.29) is 23.4 Å². The van der Waals surface area contributed by atoms with Gasteiger partial charge in [0.1, 0.15) is 0 Å². The van der Waals surface area contributed by atoms with E-state index < -0.39 is 28.9 Å². The number of nitrogens with zero attached hydrogens (tertiary/aromatic N) is 2. The highest BCUT2D eigenvalue weighted by Crippen LogP contribution is 2.40. The summed E-state index contributed by atoms with van der Waals surface area (Å²) in [4.78, 5) is 42.9. The number of carbonyl (C=O) groups is 2. The van der Waals surface area contributed by atoms with E-state index in [9.17, 15) is 19.7 Å². The highest BCUT2D eigenvalue weighted by Gasteiger charge is 2.38. The van der Waals surface area contributed by atoms with Gasteiger partial charge in [-0.3, -0.25) is 15.1 Å². The standard InChI is InChI=1S/C36H41ClN4O6/c1-21(2)47-36(43)32-23(4)39-22(3)31(33(32)24-11-10-12-26(19-24)41(44)45)35(42)46-18-9-5-8-17-38-34-27-13-6-7-14-29(27)40-30-20-25(37)15-16-28(30)34/h10-12,15-16,19-21,33,39H,5-9,13-14,17-18H2,1-4H3,(H,38,40). The van der Waals surface area contributed by atoms with Crippen LogP contribution in [0.15, 0.2) is 65.0 Å². The molecule has 1 aliphatic heterocycles. The number of aromatic nitrogens is 1. The van der Waals surface area contributed by atoms with Gasteiger partial charge in [0, 0.05) is 51.9 Å². The number of rotatable bonds is 12. The van der Waals surface area contributed by atoms with Gasteiger partial charge in [0.2, 0.25) is 0 Å². The molecule has 0 amide bonds. The van der Waals surface area contributed by atoms with Gasteiger partial charge in [-0.15, -0.1) is 0 Å². The number of unbranched alkanes of at least 4 members (excludes halogenated alkanes) is 2. The van der Waals surface area contributed by atoms with Gasteiger partial charge < -0.3 is 20.1 Å². The Morgan fingerprint density at radius 3 is 2.53 bits per heavy atom. The van der Waals surface area contributed by atoms with Crippen LogP contribution in [0.1, 0.15) is 82.5 Å². The van der Waals surface area contributed by atoms with E-state index in [4.69, 9.17) is 26.1 Å². The fourth-order valence-corrected chi connectivity index (χ4v) is 6.59. The van der Waals surface area contributed by atoms with E-state index in [1.54, 1.807) is 39.8 Å². The number of fused-ring (bicyclic) bond motifs is 2. The molecule has 5 rings (SSSR count). The first-order valence-corrected chi connectivity index (χ1v) is 16.6. The molecule has 1 aromatic heterocycles. The average molecular weight is 661 g/mol. The molecule has 0 radical (unpaired) electrons. The van der Waals surface area contributed by atoms with Crippen LogP contribution in [0.25, 0.3) is 10.9 Å². The van der Waals surface area contributed by atoms with Crippen molar-refractivity contribution in [2.75, 3.05) is 18.5 Å². The molecule has 1 unspecified atom stereocenters. The number of ether oxygens (including phenoxy) is 2. The summed E-state index contributed by atoms with van der Waals surface area (Å²) in [5, 5.41) is 20.1. The Morgan fingerprint density at radius 2 is 1.79 bits per heavy atom. The number of hydrogen-bond donors (Lipinski definition) is 2. The van der Waals surface area contributed by atoms with E-state index in [2.05, 4.69) is 10.6 Å². The molecule has 0 spiro atoms. The molecule has 248 valence electrons. The minimum atomic E-state index is -0.893. The van der Waals surface area contributed by atoms with Crippen LogP contribution in [0.5, 0.6) is 0 Å². The summed E-state index contributed by atoms with van der Waals surface area (Å²) in [5.41, 5.74) is 6.26. The zero-order valence-corrected chi connectivity index (χ0v) is 28.0. The van der Waals surface area contributed by atoms with E-state index >= 15 is 0 Å². The van der Waals surface area contributed by atoms with Crippen molar-refractivity contribution in [1.82, 2.24) is 10.3 Å². The number of allylic oxidation sites excluding steroid dienone is 2. The number of anilines is 1. The van der Waals surface area contributed by atoms with Crippen LogP contribution >= 0.6 is 11.6 Å². The SMILES string of the molecule is CC1=C(C(=O)OCCCCCNc2c3c(nc4cc(Cl)ccc24)CCCC3)C(c2cccc([N+](=O)[O-])c2)C(C(=O)OC(C)C)=C(C)N1. The van der Waals surface area contributed by atoms with Gasteiger partial charge in [0.25, 0.3) is 5.69 Å². The number of hydrogen-bond acceptors (Lipinski definition) is 9. The molecule has 2 heterocycles. The number of dihydropyridines is 1. The number of pyridine rings is 1. The minimum Gasteiger partial charge on any atom is -0.462 e. The van der Waals surface area contributed by atoms with Crippen LogP contribution in [-0.2, 0) is 31.9 Å². The zero-order chi connectivity index (χ0) is 33.7. The van der Waals surface area contributed by atoms with Crippen molar-refractivity contribution in [3.05, 3.63) is 97.0 Å². The largest absolute Gasteiger partial charge is 0.462 e. The average Bonchev–Trinajstić information content (AvgIpc) is 3.02. The molecule has 1 aliphatic carbocycles. The van der Waals surface area contributed by atoms with Gasteiger partial charge in [-0.2, -0.15) is 0 Å². The summed E-state index contributed by atoms with van der Waals surface area (Å²) in [6.45, 7) is 7.88. The van der Waals surface area contributed by atoms with Gasteiger partial charge in [-0.1, -0.05) is 23.7 Å². The molecule has 3 aromatic rings. The van der Waals surface area contributed by atoms with Crippen LogP contribution in [0.4, 0.5) is 11.4 Å². The molecule has 0 fully saturated rings. The molecule has 0 bridgehead atoms. The van der Waals surface area contributed by atoms with Crippen molar-refractivity contribution < 1.29 is 24.0 Å². The van der Waals surface area contributed by atoms with Gasteiger partial charge in [0.05, 0.1) is 40.2 Å². The number of nitro benzene ring substituents is 1. The second kappa shape index (κ2) is 15.0. The summed E-state index contributed by atoms with van der Waals surface area (Å²) < 4.78 is 11.3. The van der Waals surface area contributed by atoms with E-state index in [1.807, 2.05) is 18.2 Å². The van der Waals surface area contributed by atoms with Gasteiger partial charge in [-0.25, -0.2) is 9.59 Å². The third-order valence-electron chi connectivity index (χ3n) is 8.54. The minimum absolute atomic E-state index is 0.140. The number of halogens is 1. The molecular formula is C36H41ClN4O6. The van der Waals surface area contributed by atoms with Crippen molar-refractivity contribution in [3.63, 3.8) is 0 Å². The van der Waals surface area contributed by atoms with Gasteiger partial charge in [0.15, 0.2) is 0 Å². The first-order chi connectivity index (χ1) is 22.5. The Morgan fingerprint density at radius 1 is 1.04 bits per heavy atom.